The molecule has 17 heavy (non-hydrogen) atoms. The number of carboxylic acid groups (broad SMARTS) is 1. The van der Waals surface area contributed by atoms with E-state index in [1.807, 2.05) is 0 Å². The van der Waals surface area contributed by atoms with Gasteiger partial charge >= 0.3 is 5.97 Å². The molecule has 1 aromatic heterocycles. The van der Waals surface area contributed by atoms with Crippen LogP contribution in [0.4, 0.5) is 0 Å². The number of thiophene rings is 1. The predicted octanol–water partition coefficient (Wildman–Crippen LogP) is 2.51. The summed E-state index contributed by atoms with van der Waals surface area (Å²) in [6.45, 7) is 2.07. The van der Waals surface area contributed by atoms with Gasteiger partial charge < -0.3 is 10.4 Å². The van der Waals surface area contributed by atoms with E-state index in [2.05, 4.69) is 12.2 Å². The molecule has 0 radical (unpaired) electrons. The van der Waals surface area contributed by atoms with Crippen LogP contribution >= 0.6 is 11.3 Å². The molecule has 0 spiro atoms. The number of aromatic carboxylic acids is 1. The molecule has 1 aliphatic carbocycles. The highest BCUT2D eigenvalue weighted by Crippen LogP contribution is 2.35. The summed E-state index contributed by atoms with van der Waals surface area (Å²) in [7, 11) is 0. The second-order valence-electron chi connectivity index (χ2n) is 4.41. The second-order valence-corrected chi connectivity index (χ2v) is 5.49. The number of carbonyl (C=O) groups excluding carboxylic acids is 1. The van der Waals surface area contributed by atoms with Gasteiger partial charge in [-0.05, 0) is 37.8 Å². The van der Waals surface area contributed by atoms with Crippen LogP contribution in [-0.2, 0) is 0 Å². The molecule has 1 heterocycles. The standard InChI is InChI=1S/C12H15NO3S/c1-2-12(6-3-7-12)13-10(14)8-4-5-9(17-8)11(15)16/h4-5H,2-3,6-7H2,1H3,(H,13,14)(H,15,16). The van der Waals surface area contributed by atoms with Crippen LogP contribution in [-0.4, -0.2) is 22.5 Å². The molecule has 1 amide bonds. The van der Waals surface area contributed by atoms with Gasteiger partial charge in [0.2, 0.25) is 0 Å². The summed E-state index contributed by atoms with van der Waals surface area (Å²) in [5.41, 5.74) is -0.0511. The van der Waals surface area contributed by atoms with Gasteiger partial charge in [0.25, 0.3) is 5.91 Å². The van der Waals surface area contributed by atoms with Gasteiger partial charge in [0.15, 0.2) is 0 Å². The van der Waals surface area contributed by atoms with Crippen LogP contribution in [0.25, 0.3) is 0 Å². The zero-order valence-corrected chi connectivity index (χ0v) is 10.5. The minimum Gasteiger partial charge on any atom is -0.477 e. The summed E-state index contributed by atoms with van der Waals surface area (Å²) in [5.74, 6) is -1.13. The van der Waals surface area contributed by atoms with Crippen LogP contribution in [0.5, 0.6) is 0 Å². The van der Waals surface area contributed by atoms with Crippen molar-refractivity contribution >= 4 is 23.2 Å². The lowest BCUT2D eigenvalue weighted by molar-refractivity contribution is 0.0701. The molecular formula is C12H15NO3S. The molecule has 92 valence electrons. The summed E-state index contributed by atoms with van der Waals surface area (Å²) < 4.78 is 0. The van der Waals surface area contributed by atoms with Gasteiger partial charge in [0.05, 0.1) is 4.88 Å². The Hall–Kier alpha value is -1.36. The maximum atomic E-state index is 12.0. The molecule has 1 aromatic rings. The average Bonchev–Trinajstić information content (AvgIpc) is 2.72. The largest absolute Gasteiger partial charge is 0.477 e. The molecule has 0 aromatic carbocycles. The first kappa shape index (κ1) is 12.1. The van der Waals surface area contributed by atoms with E-state index < -0.39 is 5.97 Å². The van der Waals surface area contributed by atoms with Crippen molar-refractivity contribution in [2.24, 2.45) is 0 Å². The SMILES string of the molecule is CCC1(NC(=O)c2ccc(C(=O)O)s2)CCC1. The Balaban J connectivity index is 2.06. The molecule has 2 N–H and O–H groups in total. The zero-order valence-electron chi connectivity index (χ0n) is 9.66. The summed E-state index contributed by atoms with van der Waals surface area (Å²) >= 11 is 1.02. The molecule has 0 aliphatic heterocycles. The fourth-order valence-corrected chi connectivity index (χ4v) is 2.79. The molecule has 4 nitrogen and oxygen atoms in total. The molecule has 0 atom stereocenters. The van der Waals surface area contributed by atoms with Crippen molar-refractivity contribution in [1.82, 2.24) is 5.32 Å². The molecule has 1 saturated carbocycles. The first-order chi connectivity index (χ1) is 8.06. The lowest BCUT2D eigenvalue weighted by atomic mass is 9.75. The highest BCUT2D eigenvalue weighted by atomic mass is 32.1. The number of carboxylic acids is 1. The van der Waals surface area contributed by atoms with Crippen molar-refractivity contribution in [3.63, 3.8) is 0 Å². The van der Waals surface area contributed by atoms with Crippen molar-refractivity contribution in [3.05, 3.63) is 21.9 Å². The highest BCUT2D eigenvalue weighted by molar-refractivity contribution is 7.15. The van der Waals surface area contributed by atoms with Crippen molar-refractivity contribution in [1.29, 1.82) is 0 Å². The summed E-state index contributed by atoms with van der Waals surface area (Å²) in [6, 6.07) is 3.05. The van der Waals surface area contributed by atoms with E-state index in [4.69, 9.17) is 5.11 Å². The third-order valence-corrected chi connectivity index (χ3v) is 4.48. The van der Waals surface area contributed by atoms with Crippen LogP contribution < -0.4 is 5.32 Å². The van der Waals surface area contributed by atoms with Gasteiger partial charge in [-0.25, -0.2) is 4.79 Å². The van der Waals surface area contributed by atoms with Gasteiger partial charge in [-0.1, -0.05) is 6.92 Å². The van der Waals surface area contributed by atoms with Crippen LogP contribution in [0.15, 0.2) is 12.1 Å². The molecular weight excluding hydrogens is 238 g/mol. The van der Waals surface area contributed by atoms with Gasteiger partial charge in [0.1, 0.15) is 4.88 Å². The number of hydrogen-bond donors (Lipinski definition) is 2. The Morgan fingerprint density at radius 1 is 1.41 bits per heavy atom. The molecule has 0 unspecified atom stereocenters. The first-order valence-corrected chi connectivity index (χ1v) is 6.54. The first-order valence-electron chi connectivity index (χ1n) is 5.72. The Labute approximate surface area is 104 Å². The summed E-state index contributed by atoms with van der Waals surface area (Å²) in [4.78, 5) is 23.4. The molecule has 5 heteroatoms. The lowest BCUT2D eigenvalue weighted by Gasteiger charge is -2.41. The topological polar surface area (TPSA) is 66.4 Å². The maximum Gasteiger partial charge on any atom is 0.345 e. The maximum absolute atomic E-state index is 12.0. The Morgan fingerprint density at radius 3 is 2.47 bits per heavy atom. The Morgan fingerprint density at radius 2 is 2.06 bits per heavy atom. The van der Waals surface area contributed by atoms with Crippen LogP contribution in [0, 0.1) is 0 Å². The van der Waals surface area contributed by atoms with Gasteiger partial charge in [0, 0.05) is 5.54 Å². The van der Waals surface area contributed by atoms with E-state index >= 15 is 0 Å². The predicted molar refractivity (Wildman–Crippen MR) is 65.6 cm³/mol. The van der Waals surface area contributed by atoms with Crippen molar-refractivity contribution < 1.29 is 14.7 Å². The van der Waals surface area contributed by atoms with Crippen molar-refractivity contribution in [2.45, 2.75) is 38.1 Å². The fraction of sp³-hybridized carbons (Fsp3) is 0.500. The third-order valence-electron chi connectivity index (χ3n) is 3.41. The molecule has 0 saturated heterocycles. The Bertz CT molecular complexity index is 443. The zero-order chi connectivity index (χ0) is 12.5. The third kappa shape index (κ3) is 2.34. The fourth-order valence-electron chi connectivity index (χ4n) is 2.05. The quantitative estimate of drug-likeness (QED) is 0.866. The van der Waals surface area contributed by atoms with E-state index in [0.29, 0.717) is 4.88 Å². The van der Waals surface area contributed by atoms with E-state index in [-0.39, 0.29) is 16.3 Å². The number of nitrogens with one attached hydrogen (secondary N) is 1. The van der Waals surface area contributed by atoms with Gasteiger partial charge in [-0.2, -0.15) is 0 Å². The average molecular weight is 253 g/mol. The summed E-state index contributed by atoms with van der Waals surface area (Å²) in [6.07, 6.45) is 4.12. The monoisotopic (exact) mass is 253 g/mol. The second kappa shape index (κ2) is 4.49. The van der Waals surface area contributed by atoms with E-state index in [1.165, 1.54) is 6.07 Å². The van der Waals surface area contributed by atoms with E-state index in [0.717, 1.165) is 37.0 Å². The number of amides is 1. The van der Waals surface area contributed by atoms with Gasteiger partial charge in [-0.3, -0.25) is 4.79 Å². The van der Waals surface area contributed by atoms with Crippen LogP contribution in [0.1, 0.15) is 52.0 Å². The lowest BCUT2D eigenvalue weighted by Crippen LogP contribution is -2.52. The minimum absolute atomic E-state index is 0.0511. The van der Waals surface area contributed by atoms with E-state index in [1.54, 1.807) is 6.07 Å². The highest BCUT2D eigenvalue weighted by Gasteiger charge is 2.36. The summed E-state index contributed by atoms with van der Waals surface area (Å²) in [5, 5.41) is 11.8. The van der Waals surface area contributed by atoms with Crippen molar-refractivity contribution in [2.75, 3.05) is 0 Å². The van der Waals surface area contributed by atoms with Crippen LogP contribution in [0.3, 0.4) is 0 Å². The van der Waals surface area contributed by atoms with Crippen LogP contribution in [0.2, 0.25) is 0 Å². The normalized spacial score (nSPS) is 17.2. The van der Waals surface area contributed by atoms with Crippen molar-refractivity contribution in [3.8, 4) is 0 Å². The molecule has 0 bridgehead atoms. The Kier molecular flexibility index (Phi) is 3.19. The molecule has 2 rings (SSSR count). The number of rotatable bonds is 4. The molecule has 1 fully saturated rings. The molecule has 1 aliphatic rings. The van der Waals surface area contributed by atoms with Gasteiger partial charge in [-0.15, -0.1) is 11.3 Å². The minimum atomic E-state index is -0.983. The number of hydrogen-bond acceptors (Lipinski definition) is 3. The smallest absolute Gasteiger partial charge is 0.345 e. The van der Waals surface area contributed by atoms with E-state index in [9.17, 15) is 9.59 Å². The number of carbonyl (C=O) groups is 2.